The highest BCUT2D eigenvalue weighted by molar-refractivity contribution is 7.12. The van der Waals surface area contributed by atoms with E-state index in [-0.39, 0.29) is 10.6 Å². The second-order valence-electron chi connectivity index (χ2n) is 2.79. The van der Waals surface area contributed by atoms with Crippen LogP contribution in [0.1, 0.15) is 15.2 Å². The predicted molar refractivity (Wildman–Crippen MR) is 47.6 cm³/mol. The van der Waals surface area contributed by atoms with Gasteiger partial charge in [0.25, 0.3) is 0 Å². The number of hydrogen-bond donors (Lipinski definition) is 1. The summed E-state index contributed by atoms with van der Waals surface area (Å²) in [6, 6.07) is 0. The minimum absolute atomic E-state index is 0.204. The average molecular weight is 240 g/mol. The Morgan fingerprint density at radius 3 is 2.67 bits per heavy atom. The van der Waals surface area contributed by atoms with E-state index in [0.717, 1.165) is 11.3 Å². The number of carboxylic acid groups (broad SMARTS) is 1. The maximum Gasteiger partial charge on any atom is 0.422 e. The minimum Gasteiger partial charge on any atom is -0.482 e. The van der Waals surface area contributed by atoms with Gasteiger partial charge in [-0.3, -0.25) is 0 Å². The molecule has 1 heterocycles. The van der Waals surface area contributed by atoms with Gasteiger partial charge in [-0.1, -0.05) is 0 Å². The Morgan fingerprint density at radius 1 is 1.60 bits per heavy atom. The molecule has 84 valence electrons. The van der Waals surface area contributed by atoms with E-state index in [9.17, 15) is 18.0 Å². The maximum absolute atomic E-state index is 11.8. The van der Waals surface area contributed by atoms with Gasteiger partial charge in [0.05, 0.1) is 0 Å². The fourth-order valence-electron chi connectivity index (χ4n) is 0.914. The molecule has 0 spiro atoms. The lowest BCUT2D eigenvalue weighted by Crippen LogP contribution is -2.20. The lowest BCUT2D eigenvalue weighted by atomic mass is 10.3. The molecule has 1 rings (SSSR count). The van der Waals surface area contributed by atoms with Gasteiger partial charge in [-0.2, -0.15) is 13.2 Å². The van der Waals surface area contributed by atoms with Gasteiger partial charge >= 0.3 is 12.1 Å². The third kappa shape index (κ3) is 3.12. The molecule has 15 heavy (non-hydrogen) atoms. The molecule has 0 bridgehead atoms. The van der Waals surface area contributed by atoms with Crippen molar-refractivity contribution in [2.45, 2.75) is 13.1 Å². The first-order chi connectivity index (χ1) is 6.81. The Labute approximate surface area is 87.1 Å². The summed E-state index contributed by atoms with van der Waals surface area (Å²) in [5.41, 5.74) is 0.390. The molecule has 0 amide bonds. The molecule has 7 heteroatoms. The van der Waals surface area contributed by atoms with Crippen LogP contribution >= 0.6 is 11.3 Å². The molecular formula is C8H7F3O3S. The van der Waals surface area contributed by atoms with E-state index in [1.54, 1.807) is 0 Å². The van der Waals surface area contributed by atoms with Crippen LogP contribution < -0.4 is 4.74 Å². The number of carbonyl (C=O) groups is 1. The summed E-state index contributed by atoms with van der Waals surface area (Å²) in [6.45, 7) is 0.0134. The van der Waals surface area contributed by atoms with E-state index in [1.165, 1.54) is 12.3 Å². The van der Waals surface area contributed by atoms with Gasteiger partial charge < -0.3 is 9.84 Å². The first-order valence-electron chi connectivity index (χ1n) is 3.82. The van der Waals surface area contributed by atoms with Gasteiger partial charge in [-0.05, 0) is 12.3 Å². The van der Waals surface area contributed by atoms with Crippen molar-refractivity contribution in [3.63, 3.8) is 0 Å². The number of aryl methyl sites for hydroxylation is 1. The van der Waals surface area contributed by atoms with Gasteiger partial charge in [0.1, 0.15) is 5.75 Å². The zero-order chi connectivity index (χ0) is 11.6. The van der Waals surface area contributed by atoms with Crippen LogP contribution in [0.3, 0.4) is 0 Å². The Balaban J connectivity index is 2.84. The standard InChI is InChI=1S/C8H7F3O3S/c1-4-2-15-6(7(12)13)5(4)14-3-8(9,10)11/h2H,3H2,1H3,(H,12,13). The second-order valence-corrected chi connectivity index (χ2v) is 3.67. The van der Waals surface area contributed by atoms with Crippen LogP contribution in [0.25, 0.3) is 0 Å². The van der Waals surface area contributed by atoms with Crippen LogP contribution in [-0.4, -0.2) is 23.9 Å². The largest absolute Gasteiger partial charge is 0.482 e. The number of alkyl halides is 3. The van der Waals surface area contributed by atoms with Crippen LogP contribution in [0.5, 0.6) is 5.75 Å². The summed E-state index contributed by atoms with van der Waals surface area (Å²) in [5, 5.41) is 10.1. The molecule has 0 aliphatic rings. The summed E-state index contributed by atoms with van der Waals surface area (Å²) in [7, 11) is 0. The molecule has 0 aliphatic heterocycles. The Morgan fingerprint density at radius 2 is 2.20 bits per heavy atom. The molecule has 0 aliphatic carbocycles. The van der Waals surface area contributed by atoms with E-state index in [4.69, 9.17) is 5.11 Å². The zero-order valence-corrected chi connectivity index (χ0v) is 8.41. The highest BCUT2D eigenvalue weighted by Crippen LogP contribution is 2.31. The quantitative estimate of drug-likeness (QED) is 0.883. The lowest BCUT2D eigenvalue weighted by molar-refractivity contribution is -0.153. The number of ether oxygens (including phenoxy) is 1. The number of rotatable bonds is 3. The zero-order valence-electron chi connectivity index (χ0n) is 7.59. The van der Waals surface area contributed by atoms with Crippen LogP contribution in [0.15, 0.2) is 5.38 Å². The summed E-state index contributed by atoms with van der Waals surface area (Å²) in [4.78, 5) is 10.4. The molecule has 0 saturated carbocycles. The summed E-state index contributed by atoms with van der Waals surface area (Å²) in [5.74, 6) is -1.49. The van der Waals surface area contributed by atoms with Crippen molar-refractivity contribution >= 4 is 17.3 Å². The Kier molecular flexibility index (Phi) is 3.23. The Hall–Kier alpha value is -1.24. The van der Waals surface area contributed by atoms with Crippen molar-refractivity contribution in [1.82, 2.24) is 0 Å². The topological polar surface area (TPSA) is 46.5 Å². The smallest absolute Gasteiger partial charge is 0.422 e. The van der Waals surface area contributed by atoms with Crippen LogP contribution in [0.2, 0.25) is 0 Å². The molecule has 0 radical (unpaired) electrons. The van der Waals surface area contributed by atoms with Crippen molar-refractivity contribution in [2.24, 2.45) is 0 Å². The second kappa shape index (κ2) is 4.09. The number of hydrogen-bond acceptors (Lipinski definition) is 3. The monoisotopic (exact) mass is 240 g/mol. The van der Waals surface area contributed by atoms with Crippen molar-refractivity contribution in [2.75, 3.05) is 6.61 Å². The Bertz CT molecular complexity index is 370. The third-order valence-electron chi connectivity index (χ3n) is 1.49. The van der Waals surface area contributed by atoms with Crippen molar-refractivity contribution < 1.29 is 27.8 Å². The van der Waals surface area contributed by atoms with Gasteiger partial charge in [0, 0.05) is 5.56 Å². The van der Waals surface area contributed by atoms with Crippen molar-refractivity contribution in [3.05, 3.63) is 15.8 Å². The third-order valence-corrected chi connectivity index (χ3v) is 2.56. The molecule has 0 atom stereocenters. The summed E-state index contributed by atoms with van der Waals surface area (Å²) < 4.78 is 40.0. The highest BCUT2D eigenvalue weighted by Gasteiger charge is 2.30. The summed E-state index contributed by atoms with van der Waals surface area (Å²) in [6.07, 6.45) is -4.47. The van der Waals surface area contributed by atoms with E-state index in [1.807, 2.05) is 0 Å². The first-order valence-corrected chi connectivity index (χ1v) is 4.70. The van der Waals surface area contributed by atoms with Crippen LogP contribution in [0.4, 0.5) is 13.2 Å². The number of halogens is 3. The minimum atomic E-state index is -4.47. The van der Waals surface area contributed by atoms with Crippen molar-refractivity contribution in [3.8, 4) is 5.75 Å². The van der Waals surface area contributed by atoms with Gasteiger partial charge in [-0.25, -0.2) is 4.79 Å². The molecule has 3 nitrogen and oxygen atoms in total. The van der Waals surface area contributed by atoms with E-state index in [2.05, 4.69) is 4.74 Å². The fourth-order valence-corrected chi connectivity index (χ4v) is 1.74. The molecule has 1 N–H and O–H groups in total. The fraction of sp³-hybridized carbons (Fsp3) is 0.375. The average Bonchev–Trinajstić information content (AvgIpc) is 2.42. The SMILES string of the molecule is Cc1csc(C(=O)O)c1OCC(F)(F)F. The highest BCUT2D eigenvalue weighted by atomic mass is 32.1. The molecule has 0 saturated heterocycles. The predicted octanol–water partition coefficient (Wildman–Crippen LogP) is 2.70. The van der Waals surface area contributed by atoms with Gasteiger partial charge in [-0.15, -0.1) is 11.3 Å². The molecule has 0 unspecified atom stereocenters. The normalized spacial score (nSPS) is 11.5. The van der Waals surface area contributed by atoms with E-state index >= 15 is 0 Å². The molecule has 1 aromatic rings. The first kappa shape index (κ1) is 11.8. The molecule has 0 fully saturated rings. The van der Waals surface area contributed by atoms with E-state index in [0.29, 0.717) is 5.56 Å². The summed E-state index contributed by atoms with van der Waals surface area (Å²) >= 11 is 0.843. The number of thiophene rings is 1. The van der Waals surface area contributed by atoms with Gasteiger partial charge in [0.2, 0.25) is 0 Å². The number of aromatic carboxylic acids is 1. The van der Waals surface area contributed by atoms with Crippen LogP contribution in [-0.2, 0) is 0 Å². The lowest BCUT2D eigenvalue weighted by Gasteiger charge is -2.09. The van der Waals surface area contributed by atoms with E-state index < -0.39 is 18.8 Å². The maximum atomic E-state index is 11.8. The number of carboxylic acids is 1. The molecular weight excluding hydrogens is 233 g/mol. The van der Waals surface area contributed by atoms with Gasteiger partial charge in [0.15, 0.2) is 11.5 Å². The molecule has 0 aromatic carbocycles. The van der Waals surface area contributed by atoms with Crippen LogP contribution in [0, 0.1) is 6.92 Å². The van der Waals surface area contributed by atoms with Crippen molar-refractivity contribution in [1.29, 1.82) is 0 Å². The molecule has 1 aromatic heterocycles.